The number of carbonyl (C=O) groups excluding carboxylic acids is 2. The molecule has 130 valence electrons. The zero-order valence-electron chi connectivity index (χ0n) is 14.3. The molecule has 24 heavy (non-hydrogen) atoms. The average molecular weight is 349 g/mol. The fraction of sp³-hybridized carbons (Fsp3) is 0.625. The Morgan fingerprint density at radius 1 is 1.42 bits per heavy atom. The fourth-order valence-corrected chi connectivity index (χ4v) is 3.90. The molecule has 3 rings (SSSR count). The van der Waals surface area contributed by atoms with Crippen LogP contribution in [0.1, 0.15) is 29.8 Å². The molecule has 8 heteroatoms. The minimum Gasteiger partial charge on any atom is -0.349 e. The van der Waals surface area contributed by atoms with E-state index in [1.807, 2.05) is 36.3 Å². The molecule has 0 bridgehead atoms. The molecular weight excluding hydrogens is 326 g/mol. The van der Waals surface area contributed by atoms with E-state index in [-0.39, 0.29) is 11.8 Å². The van der Waals surface area contributed by atoms with Gasteiger partial charge in [0.15, 0.2) is 0 Å². The highest BCUT2D eigenvalue weighted by Crippen LogP contribution is 2.30. The van der Waals surface area contributed by atoms with Crippen LogP contribution in [-0.4, -0.2) is 65.3 Å². The van der Waals surface area contributed by atoms with Crippen LogP contribution in [0.3, 0.4) is 0 Å². The molecular formula is C16H23N5O2S. The second-order valence-electron chi connectivity index (χ2n) is 6.56. The number of likely N-dealkylation sites (tertiary alicyclic amines) is 1. The second-order valence-corrected chi connectivity index (χ2v) is 7.50. The summed E-state index contributed by atoms with van der Waals surface area (Å²) in [4.78, 5) is 38.4. The molecule has 2 aliphatic rings. The van der Waals surface area contributed by atoms with Gasteiger partial charge in [-0.05, 0) is 26.2 Å². The van der Waals surface area contributed by atoms with Crippen LogP contribution in [0.5, 0.6) is 0 Å². The number of nitrogens with zero attached hydrogens (tertiary/aromatic N) is 4. The molecule has 1 aromatic rings. The lowest BCUT2D eigenvalue weighted by Crippen LogP contribution is -2.50. The van der Waals surface area contributed by atoms with Crippen LogP contribution in [-0.2, 0) is 16.0 Å². The highest BCUT2D eigenvalue weighted by atomic mass is 32.1. The first kappa shape index (κ1) is 16.9. The zero-order chi connectivity index (χ0) is 17.3. The Balaban J connectivity index is 1.56. The highest BCUT2D eigenvalue weighted by molar-refractivity contribution is 7.09. The molecule has 0 aromatic carbocycles. The van der Waals surface area contributed by atoms with Crippen molar-refractivity contribution in [2.24, 2.45) is 4.99 Å². The number of nitrogens with one attached hydrogen (secondary N) is 1. The third-order valence-corrected chi connectivity index (χ3v) is 5.74. The van der Waals surface area contributed by atoms with E-state index in [0.29, 0.717) is 38.3 Å². The van der Waals surface area contributed by atoms with Gasteiger partial charge in [0, 0.05) is 38.5 Å². The Bertz CT molecular complexity index is 674. The minimum atomic E-state index is -0.690. The molecule has 1 saturated heterocycles. The number of aromatic nitrogens is 1. The van der Waals surface area contributed by atoms with E-state index in [0.717, 1.165) is 12.1 Å². The van der Waals surface area contributed by atoms with Gasteiger partial charge in [-0.1, -0.05) is 0 Å². The van der Waals surface area contributed by atoms with Crippen LogP contribution < -0.4 is 5.32 Å². The molecule has 0 unspecified atom stereocenters. The summed E-state index contributed by atoms with van der Waals surface area (Å²) >= 11 is 1.60. The first-order valence-electron chi connectivity index (χ1n) is 8.17. The third-order valence-electron chi connectivity index (χ3n) is 4.75. The predicted octanol–water partition coefficient (Wildman–Crippen LogP) is 0.793. The molecule has 1 spiro atoms. The largest absolute Gasteiger partial charge is 0.349 e. The molecule has 2 aliphatic heterocycles. The first-order chi connectivity index (χ1) is 11.4. The van der Waals surface area contributed by atoms with Crippen molar-refractivity contribution < 1.29 is 9.59 Å². The van der Waals surface area contributed by atoms with Gasteiger partial charge in [-0.15, -0.1) is 11.3 Å². The number of guanidine groups is 1. The summed E-state index contributed by atoms with van der Waals surface area (Å²) < 4.78 is 0. The maximum Gasteiger partial charge on any atom is 0.254 e. The Labute approximate surface area is 145 Å². The topological polar surface area (TPSA) is 77.9 Å². The van der Waals surface area contributed by atoms with E-state index in [2.05, 4.69) is 15.3 Å². The third kappa shape index (κ3) is 3.15. The van der Waals surface area contributed by atoms with Gasteiger partial charge in [-0.25, -0.2) is 9.98 Å². The monoisotopic (exact) mass is 349 g/mol. The van der Waals surface area contributed by atoms with Crippen molar-refractivity contribution in [1.82, 2.24) is 20.1 Å². The van der Waals surface area contributed by atoms with Gasteiger partial charge in [0.25, 0.3) is 5.91 Å². The van der Waals surface area contributed by atoms with Gasteiger partial charge in [0.1, 0.15) is 5.54 Å². The fourth-order valence-electron chi connectivity index (χ4n) is 3.12. The summed E-state index contributed by atoms with van der Waals surface area (Å²) in [6.07, 6.45) is 2.40. The number of rotatable bonds is 3. The van der Waals surface area contributed by atoms with Gasteiger partial charge in [-0.2, -0.15) is 0 Å². The lowest BCUT2D eigenvalue weighted by atomic mass is 9.88. The van der Waals surface area contributed by atoms with Crippen molar-refractivity contribution in [1.29, 1.82) is 0 Å². The predicted molar refractivity (Wildman–Crippen MR) is 93.0 cm³/mol. The van der Waals surface area contributed by atoms with Crippen molar-refractivity contribution in [3.63, 3.8) is 0 Å². The van der Waals surface area contributed by atoms with Crippen LogP contribution in [0.25, 0.3) is 0 Å². The van der Waals surface area contributed by atoms with Crippen LogP contribution in [0, 0.1) is 6.92 Å². The van der Waals surface area contributed by atoms with E-state index in [9.17, 15) is 9.59 Å². The molecule has 0 radical (unpaired) electrons. The summed E-state index contributed by atoms with van der Waals surface area (Å²) in [6.45, 7) is 3.14. The number of hydrogen-bond donors (Lipinski definition) is 1. The van der Waals surface area contributed by atoms with Crippen molar-refractivity contribution in [2.45, 2.75) is 38.1 Å². The van der Waals surface area contributed by atoms with Crippen molar-refractivity contribution in [2.75, 3.05) is 27.2 Å². The van der Waals surface area contributed by atoms with Gasteiger partial charge in [-0.3, -0.25) is 14.9 Å². The Morgan fingerprint density at radius 2 is 2.12 bits per heavy atom. The maximum absolute atomic E-state index is 12.4. The molecule has 0 saturated carbocycles. The maximum atomic E-state index is 12.4. The number of hydrogen-bond acceptors (Lipinski definition) is 6. The lowest BCUT2D eigenvalue weighted by molar-refractivity contribution is -0.135. The quantitative estimate of drug-likeness (QED) is 0.875. The molecule has 0 aliphatic carbocycles. The van der Waals surface area contributed by atoms with E-state index >= 15 is 0 Å². The van der Waals surface area contributed by atoms with Gasteiger partial charge in [0.2, 0.25) is 11.9 Å². The summed E-state index contributed by atoms with van der Waals surface area (Å²) in [6, 6.07) is 0. The molecule has 1 N–H and O–H groups in total. The van der Waals surface area contributed by atoms with E-state index in [4.69, 9.17) is 0 Å². The molecule has 7 nitrogen and oxygen atoms in total. The number of thiazole rings is 1. The van der Waals surface area contributed by atoms with Crippen LogP contribution in [0.15, 0.2) is 10.5 Å². The molecule has 1 aromatic heterocycles. The normalized spacial score (nSPS) is 19.4. The van der Waals surface area contributed by atoms with Crippen LogP contribution in [0.2, 0.25) is 0 Å². The molecule has 0 atom stereocenters. The standard InChI is InChI=1S/C16H23N5O2S/c1-11-12(24-10-17-11)4-5-13(22)21-8-6-16(7-9-21)14(23)18-15(19-16)20(2)3/h10H,4-9H2,1-3H3,(H,18,19,23). The van der Waals surface area contributed by atoms with Gasteiger partial charge < -0.3 is 9.80 Å². The van der Waals surface area contributed by atoms with Crippen molar-refractivity contribution in [3.05, 3.63) is 16.1 Å². The van der Waals surface area contributed by atoms with E-state index in [1.54, 1.807) is 11.3 Å². The number of amides is 2. The number of aliphatic imine (C=N–C) groups is 1. The number of aryl methyl sites for hydroxylation is 2. The average Bonchev–Trinajstić information content (AvgIpc) is 3.10. The lowest BCUT2D eigenvalue weighted by Gasteiger charge is -2.35. The second kappa shape index (κ2) is 6.51. The van der Waals surface area contributed by atoms with Gasteiger partial charge in [0.05, 0.1) is 11.2 Å². The SMILES string of the molecule is Cc1ncsc1CCC(=O)N1CCC2(CC1)N=C(N(C)C)NC2=O. The van der Waals surface area contributed by atoms with Gasteiger partial charge >= 0.3 is 0 Å². The summed E-state index contributed by atoms with van der Waals surface area (Å²) in [7, 11) is 3.72. The smallest absolute Gasteiger partial charge is 0.254 e. The zero-order valence-corrected chi connectivity index (χ0v) is 15.2. The Hall–Kier alpha value is -1.96. The Morgan fingerprint density at radius 3 is 2.67 bits per heavy atom. The minimum absolute atomic E-state index is 0.0430. The molecule has 1 fully saturated rings. The summed E-state index contributed by atoms with van der Waals surface area (Å²) in [5, 5.41) is 2.84. The van der Waals surface area contributed by atoms with Crippen molar-refractivity contribution >= 4 is 29.1 Å². The number of carbonyl (C=O) groups is 2. The molecule has 2 amide bonds. The first-order valence-corrected chi connectivity index (χ1v) is 9.05. The summed E-state index contributed by atoms with van der Waals surface area (Å²) in [5.74, 6) is 0.715. The Kier molecular flexibility index (Phi) is 4.58. The van der Waals surface area contributed by atoms with E-state index in [1.165, 1.54) is 4.88 Å². The van der Waals surface area contributed by atoms with Crippen molar-refractivity contribution in [3.8, 4) is 0 Å². The van der Waals surface area contributed by atoms with Crippen LogP contribution >= 0.6 is 11.3 Å². The highest BCUT2D eigenvalue weighted by Gasteiger charge is 2.46. The van der Waals surface area contributed by atoms with Crippen LogP contribution in [0.4, 0.5) is 0 Å². The van der Waals surface area contributed by atoms with E-state index < -0.39 is 5.54 Å². The molecule has 3 heterocycles. The summed E-state index contributed by atoms with van der Waals surface area (Å²) in [5.41, 5.74) is 2.14. The number of piperidine rings is 1.